The number of hydrogen-bond donors (Lipinski definition) is 1. The van der Waals surface area contributed by atoms with E-state index in [0.717, 1.165) is 0 Å². The van der Waals surface area contributed by atoms with Crippen LogP contribution in [-0.4, -0.2) is 25.7 Å². The van der Waals surface area contributed by atoms with Gasteiger partial charge in [0.15, 0.2) is 0 Å². The van der Waals surface area contributed by atoms with Crippen molar-refractivity contribution in [3.05, 3.63) is 30.3 Å². The molecule has 0 aromatic heterocycles. The maximum absolute atomic E-state index is 11.8. The molecule has 0 saturated heterocycles. The maximum atomic E-state index is 11.8. The molecule has 1 N–H and O–H groups in total. The van der Waals surface area contributed by atoms with Gasteiger partial charge in [-0.2, -0.15) is 0 Å². The van der Waals surface area contributed by atoms with Crippen molar-refractivity contribution in [3.63, 3.8) is 0 Å². The normalized spacial score (nSPS) is 13.7. The monoisotopic (exact) mass is 311 g/mol. The summed E-state index contributed by atoms with van der Waals surface area (Å²) in [5, 5.41) is 0.489. The number of hydrogen-bond acceptors (Lipinski definition) is 2. The first-order valence-corrected chi connectivity index (χ1v) is 7.43. The van der Waals surface area contributed by atoms with Crippen LogP contribution in [0.4, 0.5) is 0 Å². The molecule has 0 spiro atoms. The quantitative estimate of drug-likeness (QED) is 0.845. The van der Waals surface area contributed by atoms with Crippen LogP contribution in [0.1, 0.15) is 0 Å². The summed E-state index contributed by atoms with van der Waals surface area (Å²) in [6, 6.07) is 7.92. The molecule has 0 amide bonds. The van der Waals surface area contributed by atoms with Crippen molar-refractivity contribution in [2.75, 3.05) is 11.2 Å². The lowest BCUT2D eigenvalue weighted by molar-refractivity contribution is 0.572. The number of halogens is 2. The summed E-state index contributed by atoms with van der Waals surface area (Å²) in [6.45, 7) is 0. The molecule has 6 heteroatoms. The predicted molar refractivity (Wildman–Crippen MR) is 65.1 cm³/mol. The molecule has 0 saturated carbocycles. The Labute approximate surface area is 103 Å². The van der Waals surface area contributed by atoms with Gasteiger partial charge in [0.2, 0.25) is 10.0 Å². The second-order valence-electron chi connectivity index (χ2n) is 2.94. The molecular formula is C9H11BrClNO2S. The van der Waals surface area contributed by atoms with E-state index in [1.807, 2.05) is 0 Å². The molecule has 0 aliphatic rings. The Morgan fingerprint density at radius 1 is 1.33 bits per heavy atom. The van der Waals surface area contributed by atoms with Crippen LogP contribution in [0, 0.1) is 0 Å². The minimum atomic E-state index is -3.45. The molecule has 3 nitrogen and oxygen atoms in total. The topological polar surface area (TPSA) is 46.2 Å². The van der Waals surface area contributed by atoms with E-state index in [9.17, 15) is 8.42 Å². The largest absolute Gasteiger partial charge is 0.240 e. The van der Waals surface area contributed by atoms with Crippen molar-refractivity contribution < 1.29 is 8.42 Å². The van der Waals surface area contributed by atoms with Gasteiger partial charge in [0.1, 0.15) is 0 Å². The van der Waals surface area contributed by atoms with Crippen molar-refractivity contribution in [2.45, 2.75) is 10.9 Å². The Balaban J connectivity index is 2.85. The summed E-state index contributed by atoms with van der Waals surface area (Å²) in [7, 11) is -3.45. The van der Waals surface area contributed by atoms with Crippen LogP contribution < -0.4 is 4.72 Å². The van der Waals surface area contributed by atoms with E-state index in [1.165, 1.54) is 0 Å². The van der Waals surface area contributed by atoms with Gasteiger partial charge < -0.3 is 0 Å². The van der Waals surface area contributed by atoms with Crippen LogP contribution in [0.3, 0.4) is 0 Å². The summed E-state index contributed by atoms with van der Waals surface area (Å²) in [6.07, 6.45) is 0. The smallest absolute Gasteiger partial charge is 0.207 e. The molecule has 1 unspecified atom stereocenters. The van der Waals surface area contributed by atoms with Gasteiger partial charge >= 0.3 is 0 Å². The molecule has 1 rings (SSSR count). The molecule has 0 aliphatic heterocycles. The third kappa shape index (κ3) is 3.75. The predicted octanol–water partition coefficient (Wildman–Crippen LogP) is 1.97. The lowest BCUT2D eigenvalue weighted by atomic mass is 10.4. The van der Waals surface area contributed by atoms with Crippen LogP contribution in [0.5, 0.6) is 0 Å². The molecule has 0 aliphatic carbocycles. The second-order valence-corrected chi connectivity index (χ2v) is 5.61. The van der Waals surface area contributed by atoms with Crippen molar-refractivity contribution in [1.29, 1.82) is 0 Å². The van der Waals surface area contributed by atoms with Crippen LogP contribution in [-0.2, 0) is 10.0 Å². The maximum Gasteiger partial charge on any atom is 0.240 e. The highest BCUT2D eigenvalue weighted by Gasteiger charge is 2.17. The number of rotatable bonds is 5. The molecular weight excluding hydrogens is 302 g/mol. The summed E-state index contributed by atoms with van der Waals surface area (Å²) in [5.41, 5.74) is 0. The molecule has 0 fully saturated rings. The Morgan fingerprint density at radius 2 is 1.93 bits per heavy atom. The molecule has 84 valence electrons. The Morgan fingerprint density at radius 3 is 2.40 bits per heavy atom. The third-order valence-corrected chi connectivity index (χ3v) is 4.44. The van der Waals surface area contributed by atoms with Crippen molar-refractivity contribution >= 4 is 37.6 Å². The molecule has 15 heavy (non-hydrogen) atoms. The van der Waals surface area contributed by atoms with Gasteiger partial charge in [-0.25, -0.2) is 13.1 Å². The van der Waals surface area contributed by atoms with Crippen LogP contribution in [0.25, 0.3) is 0 Å². The van der Waals surface area contributed by atoms with Crippen LogP contribution >= 0.6 is 27.5 Å². The van der Waals surface area contributed by atoms with Gasteiger partial charge in [0.25, 0.3) is 0 Å². The van der Waals surface area contributed by atoms with Crippen molar-refractivity contribution in [2.24, 2.45) is 0 Å². The summed E-state index contributed by atoms with van der Waals surface area (Å²) in [4.78, 5) is 0.251. The standard InChI is InChI=1S/C9H11BrClNO2S/c10-6-8(7-11)12-15(13,14)9-4-2-1-3-5-9/h1-5,8,12H,6-7H2. The summed E-state index contributed by atoms with van der Waals surface area (Å²) >= 11 is 8.79. The summed E-state index contributed by atoms with van der Waals surface area (Å²) in [5.74, 6) is 0.233. The van der Waals surface area contributed by atoms with Crippen molar-refractivity contribution in [1.82, 2.24) is 4.72 Å². The van der Waals surface area contributed by atoms with E-state index in [0.29, 0.717) is 5.33 Å². The Hall–Kier alpha value is -0.100. The lowest BCUT2D eigenvalue weighted by Crippen LogP contribution is -2.37. The molecule has 1 aromatic carbocycles. The van der Waals surface area contributed by atoms with E-state index >= 15 is 0 Å². The number of sulfonamides is 1. The minimum absolute atomic E-state index is 0.233. The van der Waals surface area contributed by atoms with Gasteiger partial charge in [0.05, 0.1) is 4.90 Å². The first-order valence-electron chi connectivity index (χ1n) is 4.29. The zero-order valence-corrected chi connectivity index (χ0v) is 11.0. The average Bonchev–Trinajstić information content (AvgIpc) is 2.27. The minimum Gasteiger partial charge on any atom is -0.207 e. The fourth-order valence-electron chi connectivity index (χ4n) is 0.991. The first kappa shape index (κ1) is 13.0. The Bertz CT molecular complexity index is 392. The number of alkyl halides is 2. The number of benzene rings is 1. The SMILES string of the molecule is O=S(=O)(NC(CCl)CBr)c1ccccc1. The number of nitrogens with one attached hydrogen (secondary N) is 1. The Kier molecular flexibility index (Phi) is 5.05. The fourth-order valence-corrected chi connectivity index (χ4v) is 3.39. The lowest BCUT2D eigenvalue weighted by Gasteiger charge is -2.13. The van der Waals surface area contributed by atoms with E-state index in [4.69, 9.17) is 11.6 Å². The second kappa shape index (κ2) is 5.84. The van der Waals surface area contributed by atoms with E-state index in [1.54, 1.807) is 30.3 Å². The van der Waals surface area contributed by atoms with E-state index in [-0.39, 0.29) is 16.8 Å². The molecule has 0 bridgehead atoms. The zero-order chi connectivity index (χ0) is 11.3. The third-order valence-electron chi connectivity index (χ3n) is 1.75. The van der Waals surface area contributed by atoms with Gasteiger partial charge in [-0.3, -0.25) is 0 Å². The van der Waals surface area contributed by atoms with E-state index < -0.39 is 10.0 Å². The zero-order valence-electron chi connectivity index (χ0n) is 7.86. The molecule has 0 heterocycles. The summed E-state index contributed by atoms with van der Waals surface area (Å²) < 4.78 is 26.0. The molecule has 1 atom stereocenters. The van der Waals surface area contributed by atoms with Crippen LogP contribution in [0.15, 0.2) is 35.2 Å². The van der Waals surface area contributed by atoms with Gasteiger partial charge in [-0.05, 0) is 12.1 Å². The highest BCUT2D eigenvalue weighted by Crippen LogP contribution is 2.09. The fraction of sp³-hybridized carbons (Fsp3) is 0.333. The highest BCUT2D eigenvalue weighted by molar-refractivity contribution is 9.09. The van der Waals surface area contributed by atoms with E-state index in [2.05, 4.69) is 20.7 Å². The van der Waals surface area contributed by atoms with Crippen LogP contribution in [0.2, 0.25) is 0 Å². The van der Waals surface area contributed by atoms with Gasteiger partial charge in [-0.1, -0.05) is 34.1 Å². The first-order chi connectivity index (χ1) is 7.10. The van der Waals surface area contributed by atoms with Gasteiger partial charge in [0, 0.05) is 17.3 Å². The van der Waals surface area contributed by atoms with Gasteiger partial charge in [-0.15, -0.1) is 11.6 Å². The molecule has 1 aromatic rings. The average molecular weight is 313 g/mol. The van der Waals surface area contributed by atoms with Crippen molar-refractivity contribution in [3.8, 4) is 0 Å². The highest BCUT2D eigenvalue weighted by atomic mass is 79.9. The molecule has 0 radical (unpaired) electrons.